The van der Waals surface area contributed by atoms with E-state index in [0.717, 1.165) is 34.6 Å². The van der Waals surface area contributed by atoms with Crippen molar-refractivity contribution in [2.75, 3.05) is 11.5 Å². The van der Waals surface area contributed by atoms with E-state index in [4.69, 9.17) is 4.74 Å². The normalized spacial score (nSPS) is 10.6. The zero-order valence-electron chi connectivity index (χ0n) is 18.5. The Kier molecular flexibility index (Phi) is 6.66. The molecule has 4 rings (SSSR count). The molecule has 0 spiro atoms. The Hall–Kier alpha value is -3.85. The number of nitrogens with zero attached hydrogens (tertiary/aromatic N) is 1. The molecule has 0 aliphatic heterocycles. The summed E-state index contributed by atoms with van der Waals surface area (Å²) in [5.41, 5.74) is 7.28. The number of hydrogen-bond donors (Lipinski definition) is 0. The zero-order chi connectivity index (χ0) is 22.3. The van der Waals surface area contributed by atoms with E-state index in [1.807, 2.05) is 37.3 Å². The van der Waals surface area contributed by atoms with E-state index < -0.39 is 0 Å². The molecule has 32 heavy (non-hydrogen) atoms. The average Bonchev–Trinajstić information content (AvgIpc) is 2.85. The van der Waals surface area contributed by atoms with Crippen molar-refractivity contribution >= 4 is 23.0 Å². The molecule has 3 heteroatoms. The lowest BCUT2D eigenvalue weighted by atomic mass is 10.0. The van der Waals surface area contributed by atoms with Crippen LogP contribution in [-0.2, 0) is 4.74 Å². The Balaban J connectivity index is 1.61. The van der Waals surface area contributed by atoms with E-state index in [9.17, 15) is 4.79 Å². The number of rotatable bonds is 7. The fourth-order valence-corrected chi connectivity index (χ4v) is 3.60. The lowest BCUT2D eigenvalue weighted by Crippen LogP contribution is -2.09. The molecule has 0 bridgehead atoms. The van der Waals surface area contributed by atoms with Crippen LogP contribution in [0.2, 0.25) is 0 Å². The second-order valence-electron chi connectivity index (χ2n) is 7.77. The third-order valence-electron chi connectivity index (χ3n) is 5.32. The fourth-order valence-electron chi connectivity index (χ4n) is 3.60. The van der Waals surface area contributed by atoms with Gasteiger partial charge in [0.2, 0.25) is 0 Å². The third kappa shape index (κ3) is 4.89. The second kappa shape index (κ2) is 9.97. The maximum atomic E-state index is 12.0. The van der Waals surface area contributed by atoms with Gasteiger partial charge in [0.15, 0.2) is 0 Å². The first-order valence-electron chi connectivity index (χ1n) is 10.9. The molecule has 0 amide bonds. The number of benzene rings is 4. The van der Waals surface area contributed by atoms with Crippen molar-refractivity contribution in [2.24, 2.45) is 0 Å². The molecule has 0 saturated carbocycles. The van der Waals surface area contributed by atoms with Crippen LogP contribution in [0.3, 0.4) is 0 Å². The van der Waals surface area contributed by atoms with E-state index in [2.05, 4.69) is 84.6 Å². The predicted molar refractivity (Wildman–Crippen MR) is 132 cm³/mol. The molecule has 0 aliphatic carbocycles. The smallest absolute Gasteiger partial charge is 0.338 e. The molecule has 0 fully saturated rings. The van der Waals surface area contributed by atoms with Crippen LogP contribution in [0.1, 0.15) is 29.3 Å². The molecule has 4 aromatic rings. The van der Waals surface area contributed by atoms with Gasteiger partial charge in [-0.05, 0) is 73.0 Å². The first-order chi connectivity index (χ1) is 15.7. The summed E-state index contributed by atoms with van der Waals surface area (Å²) in [5, 5.41) is 0. The molecule has 0 aliphatic rings. The molecule has 160 valence electrons. The lowest BCUT2D eigenvalue weighted by molar-refractivity contribution is 0.0505. The van der Waals surface area contributed by atoms with E-state index >= 15 is 0 Å². The first-order valence-corrected chi connectivity index (χ1v) is 10.9. The van der Waals surface area contributed by atoms with Crippen LogP contribution >= 0.6 is 0 Å². The molecule has 0 saturated heterocycles. The van der Waals surface area contributed by atoms with E-state index in [0.29, 0.717) is 12.2 Å². The number of carbonyl (C=O) groups excluding carboxylic acids is 1. The maximum Gasteiger partial charge on any atom is 0.338 e. The highest BCUT2D eigenvalue weighted by Crippen LogP contribution is 2.35. The van der Waals surface area contributed by atoms with Crippen molar-refractivity contribution < 1.29 is 9.53 Å². The van der Waals surface area contributed by atoms with Crippen molar-refractivity contribution in [1.82, 2.24) is 0 Å². The SMILES string of the molecule is CCCOC(=O)c1ccc(-c2ccc(N(c3ccccc3)c3ccc(C)cc3)cc2)cc1. The lowest BCUT2D eigenvalue weighted by Gasteiger charge is -2.25. The van der Waals surface area contributed by atoms with E-state index in [-0.39, 0.29) is 5.97 Å². The number of hydrogen-bond acceptors (Lipinski definition) is 3. The summed E-state index contributed by atoms with van der Waals surface area (Å²) in [5.74, 6) is -0.273. The summed E-state index contributed by atoms with van der Waals surface area (Å²) >= 11 is 0. The highest BCUT2D eigenvalue weighted by atomic mass is 16.5. The van der Waals surface area contributed by atoms with Crippen molar-refractivity contribution in [3.63, 3.8) is 0 Å². The molecular formula is C29H27NO2. The molecular weight excluding hydrogens is 394 g/mol. The van der Waals surface area contributed by atoms with Crippen LogP contribution in [0.25, 0.3) is 11.1 Å². The highest BCUT2D eigenvalue weighted by molar-refractivity contribution is 5.90. The minimum absolute atomic E-state index is 0.273. The largest absolute Gasteiger partial charge is 0.462 e. The molecule has 3 nitrogen and oxygen atoms in total. The van der Waals surface area contributed by atoms with Gasteiger partial charge in [-0.25, -0.2) is 4.79 Å². The average molecular weight is 422 g/mol. The summed E-state index contributed by atoms with van der Waals surface area (Å²) in [6, 6.07) is 35.0. The van der Waals surface area contributed by atoms with Crippen LogP contribution in [0.5, 0.6) is 0 Å². The van der Waals surface area contributed by atoms with Crippen LogP contribution in [0, 0.1) is 6.92 Å². The Bertz CT molecular complexity index is 1150. The number of anilines is 3. The molecule has 4 aromatic carbocycles. The number of para-hydroxylation sites is 1. The van der Waals surface area contributed by atoms with Gasteiger partial charge in [-0.15, -0.1) is 0 Å². The Morgan fingerprint density at radius 3 is 1.75 bits per heavy atom. The van der Waals surface area contributed by atoms with Crippen molar-refractivity contribution in [3.8, 4) is 11.1 Å². The van der Waals surface area contributed by atoms with Gasteiger partial charge in [-0.2, -0.15) is 0 Å². The third-order valence-corrected chi connectivity index (χ3v) is 5.32. The first kappa shape index (κ1) is 21.4. The van der Waals surface area contributed by atoms with Gasteiger partial charge < -0.3 is 9.64 Å². The monoisotopic (exact) mass is 421 g/mol. The van der Waals surface area contributed by atoms with Gasteiger partial charge >= 0.3 is 5.97 Å². The van der Waals surface area contributed by atoms with E-state index in [1.165, 1.54) is 5.56 Å². The zero-order valence-corrected chi connectivity index (χ0v) is 18.5. The molecule has 0 N–H and O–H groups in total. The maximum absolute atomic E-state index is 12.0. The highest BCUT2D eigenvalue weighted by Gasteiger charge is 2.12. The second-order valence-corrected chi connectivity index (χ2v) is 7.77. The quantitative estimate of drug-likeness (QED) is 0.286. The van der Waals surface area contributed by atoms with Gasteiger partial charge in [0, 0.05) is 17.1 Å². The molecule has 0 radical (unpaired) electrons. The van der Waals surface area contributed by atoms with E-state index in [1.54, 1.807) is 0 Å². The van der Waals surface area contributed by atoms with Crippen molar-refractivity contribution in [2.45, 2.75) is 20.3 Å². The molecule has 0 aromatic heterocycles. The molecule has 0 unspecified atom stereocenters. The fraction of sp³-hybridized carbons (Fsp3) is 0.138. The topological polar surface area (TPSA) is 29.5 Å². The summed E-state index contributed by atoms with van der Waals surface area (Å²) in [4.78, 5) is 14.3. The van der Waals surface area contributed by atoms with Crippen LogP contribution in [0.15, 0.2) is 103 Å². The minimum atomic E-state index is -0.273. The number of aryl methyl sites for hydroxylation is 1. The Morgan fingerprint density at radius 1 is 0.688 bits per heavy atom. The summed E-state index contributed by atoms with van der Waals surface area (Å²) < 4.78 is 5.21. The molecule has 0 atom stereocenters. The Labute approximate surface area is 189 Å². The number of ether oxygens (including phenoxy) is 1. The number of esters is 1. The van der Waals surface area contributed by atoms with Gasteiger partial charge in [0.05, 0.1) is 12.2 Å². The summed E-state index contributed by atoms with van der Waals surface area (Å²) in [6.07, 6.45) is 0.818. The van der Waals surface area contributed by atoms with Crippen LogP contribution < -0.4 is 4.90 Å². The van der Waals surface area contributed by atoms with Crippen LogP contribution in [-0.4, -0.2) is 12.6 Å². The summed E-state index contributed by atoms with van der Waals surface area (Å²) in [6.45, 7) is 4.53. The molecule has 0 heterocycles. The van der Waals surface area contributed by atoms with Gasteiger partial charge in [-0.1, -0.05) is 67.1 Å². The standard InChI is InChI=1S/C29H27NO2/c1-3-21-32-29(31)25-13-11-23(12-14-25)24-15-19-28(20-16-24)30(26-7-5-4-6-8-26)27-17-9-22(2)10-18-27/h4-20H,3,21H2,1-2H3. The van der Waals surface area contributed by atoms with Gasteiger partial charge in [0.1, 0.15) is 0 Å². The van der Waals surface area contributed by atoms with Crippen molar-refractivity contribution in [3.05, 3.63) is 114 Å². The van der Waals surface area contributed by atoms with Crippen LogP contribution in [0.4, 0.5) is 17.1 Å². The van der Waals surface area contributed by atoms with Gasteiger partial charge in [-0.3, -0.25) is 0 Å². The predicted octanol–water partition coefficient (Wildman–Crippen LogP) is 7.70. The number of carbonyl (C=O) groups is 1. The van der Waals surface area contributed by atoms with Crippen molar-refractivity contribution in [1.29, 1.82) is 0 Å². The minimum Gasteiger partial charge on any atom is -0.462 e. The van der Waals surface area contributed by atoms with Gasteiger partial charge in [0.25, 0.3) is 0 Å². The summed E-state index contributed by atoms with van der Waals surface area (Å²) in [7, 11) is 0. The Morgan fingerprint density at radius 2 is 1.19 bits per heavy atom.